The molecule has 1 aliphatic heterocycles. The Morgan fingerprint density at radius 3 is 3.04 bits per heavy atom. The van der Waals surface area contributed by atoms with Crippen molar-refractivity contribution >= 4 is 0 Å². The van der Waals surface area contributed by atoms with Gasteiger partial charge in [0.05, 0.1) is 12.2 Å². The first-order chi connectivity index (χ1) is 11.5. The van der Waals surface area contributed by atoms with E-state index in [2.05, 4.69) is 38.8 Å². The molecule has 0 spiro atoms. The van der Waals surface area contributed by atoms with Crippen LogP contribution in [0.2, 0.25) is 0 Å². The third kappa shape index (κ3) is 5.94. The molecule has 0 saturated heterocycles. The summed E-state index contributed by atoms with van der Waals surface area (Å²) in [5.74, 6) is 4.35. The Labute approximate surface area is 146 Å². The minimum Gasteiger partial charge on any atom is -0.493 e. The van der Waals surface area contributed by atoms with Gasteiger partial charge in [-0.1, -0.05) is 17.6 Å². The van der Waals surface area contributed by atoms with Gasteiger partial charge in [0.25, 0.3) is 0 Å². The number of ether oxygens (including phenoxy) is 3. The van der Waals surface area contributed by atoms with Crippen molar-refractivity contribution in [3.8, 4) is 23.8 Å². The molecule has 0 aromatic heterocycles. The highest BCUT2D eigenvalue weighted by atomic mass is 16.5. The van der Waals surface area contributed by atoms with E-state index in [0.717, 1.165) is 43.8 Å². The van der Waals surface area contributed by atoms with E-state index in [9.17, 15) is 0 Å². The summed E-state index contributed by atoms with van der Waals surface area (Å²) in [7, 11) is 0. The number of rotatable bonds is 9. The topological polar surface area (TPSA) is 27.7 Å². The predicted octanol–water partition coefficient (Wildman–Crippen LogP) is 4.55. The molecule has 24 heavy (non-hydrogen) atoms. The second-order valence-electron chi connectivity index (χ2n) is 6.84. The fraction of sp³-hybridized carbons (Fsp3) is 0.524. The van der Waals surface area contributed by atoms with E-state index in [1.54, 1.807) is 0 Å². The summed E-state index contributed by atoms with van der Waals surface area (Å²) < 4.78 is 17.0. The second kappa shape index (κ2) is 8.80. The number of hydrogen-bond donors (Lipinski definition) is 0. The molecule has 0 fully saturated rings. The van der Waals surface area contributed by atoms with E-state index in [1.165, 1.54) is 11.1 Å². The minimum absolute atomic E-state index is 0.159. The van der Waals surface area contributed by atoms with E-state index in [-0.39, 0.29) is 5.60 Å². The van der Waals surface area contributed by atoms with Crippen LogP contribution in [0.25, 0.3) is 0 Å². The molecule has 0 amide bonds. The fourth-order valence-corrected chi connectivity index (χ4v) is 2.72. The Morgan fingerprint density at radius 1 is 1.42 bits per heavy atom. The van der Waals surface area contributed by atoms with Gasteiger partial charge in [0.1, 0.15) is 24.7 Å². The molecular weight excluding hydrogens is 300 g/mol. The van der Waals surface area contributed by atoms with Crippen LogP contribution in [0.4, 0.5) is 0 Å². The molecule has 1 aromatic rings. The molecule has 1 aromatic carbocycles. The highest BCUT2D eigenvalue weighted by Crippen LogP contribution is 2.29. The number of terminal acetylenes is 1. The Balaban J connectivity index is 1.69. The van der Waals surface area contributed by atoms with Crippen LogP contribution in [0.5, 0.6) is 11.5 Å². The zero-order valence-corrected chi connectivity index (χ0v) is 15.1. The summed E-state index contributed by atoms with van der Waals surface area (Å²) in [4.78, 5) is 0. The lowest BCUT2D eigenvalue weighted by Crippen LogP contribution is -2.24. The quantitative estimate of drug-likeness (QED) is 0.492. The Kier molecular flexibility index (Phi) is 6.75. The Morgan fingerprint density at radius 2 is 2.25 bits per heavy atom. The summed E-state index contributed by atoms with van der Waals surface area (Å²) >= 11 is 0. The van der Waals surface area contributed by atoms with Crippen LogP contribution in [0.1, 0.15) is 45.6 Å². The molecule has 3 nitrogen and oxygen atoms in total. The van der Waals surface area contributed by atoms with Crippen molar-refractivity contribution in [3.63, 3.8) is 0 Å². The SMILES string of the molecule is C#CCOC(C)(C)CCCC(C)=CCOc1ccc2c(c1)OCC2. The van der Waals surface area contributed by atoms with Crippen LogP contribution < -0.4 is 9.47 Å². The van der Waals surface area contributed by atoms with E-state index in [1.807, 2.05) is 12.1 Å². The molecular formula is C21H28O3. The monoisotopic (exact) mass is 328 g/mol. The molecule has 0 unspecified atom stereocenters. The van der Waals surface area contributed by atoms with Gasteiger partial charge in [-0.2, -0.15) is 0 Å². The second-order valence-corrected chi connectivity index (χ2v) is 6.84. The van der Waals surface area contributed by atoms with Crippen molar-refractivity contribution in [2.75, 3.05) is 19.8 Å². The lowest BCUT2D eigenvalue weighted by Gasteiger charge is -2.24. The normalized spacial score (nSPS) is 14.0. The lowest BCUT2D eigenvalue weighted by molar-refractivity contribution is -0.00564. The maximum Gasteiger partial charge on any atom is 0.126 e. The van der Waals surface area contributed by atoms with E-state index >= 15 is 0 Å². The molecule has 0 atom stereocenters. The maximum absolute atomic E-state index is 5.80. The zero-order chi connectivity index (χ0) is 17.4. The molecule has 130 valence electrons. The van der Waals surface area contributed by atoms with Crippen molar-refractivity contribution in [2.24, 2.45) is 0 Å². The van der Waals surface area contributed by atoms with Gasteiger partial charge in [-0.3, -0.25) is 0 Å². The molecule has 1 aliphatic rings. The molecule has 0 N–H and O–H groups in total. The van der Waals surface area contributed by atoms with Crippen LogP contribution in [0.3, 0.4) is 0 Å². The van der Waals surface area contributed by atoms with E-state index in [0.29, 0.717) is 13.2 Å². The van der Waals surface area contributed by atoms with Gasteiger partial charge < -0.3 is 14.2 Å². The van der Waals surface area contributed by atoms with E-state index < -0.39 is 0 Å². The first kappa shape index (κ1) is 18.4. The minimum atomic E-state index is -0.159. The van der Waals surface area contributed by atoms with E-state index in [4.69, 9.17) is 20.6 Å². The van der Waals surface area contributed by atoms with Gasteiger partial charge in [0.15, 0.2) is 0 Å². The third-order valence-corrected chi connectivity index (χ3v) is 4.25. The summed E-state index contributed by atoms with van der Waals surface area (Å²) in [6.07, 6.45) is 11.5. The first-order valence-electron chi connectivity index (χ1n) is 8.62. The van der Waals surface area contributed by atoms with Crippen LogP contribution >= 0.6 is 0 Å². The predicted molar refractivity (Wildman–Crippen MR) is 97.6 cm³/mol. The zero-order valence-electron chi connectivity index (χ0n) is 15.1. The highest BCUT2D eigenvalue weighted by molar-refractivity contribution is 5.42. The van der Waals surface area contributed by atoms with Crippen molar-refractivity contribution in [3.05, 3.63) is 35.4 Å². The number of hydrogen-bond acceptors (Lipinski definition) is 3. The first-order valence-corrected chi connectivity index (χ1v) is 8.62. The molecule has 0 bridgehead atoms. The van der Waals surface area contributed by atoms with Crippen LogP contribution in [0, 0.1) is 12.3 Å². The number of allylic oxidation sites excluding steroid dienone is 1. The molecule has 3 heteroatoms. The summed E-state index contributed by atoms with van der Waals surface area (Å²) in [6, 6.07) is 6.09. The van der Waals surface area contributed by atoms with Gasteiger partial charge >= 0.3 is 0 Å². The number of fused-ring (bicyclic) bond motifs is 1. The Hall–Kier alpha value is -1.92. The van der Waals surface area contributed by atoms with Crippen molar-refractivity contribution < 1.29 is 14.2 Å². The average Bonchev–Trinajstić information content (AvgIpc) is 3.00. The fourth-order valence-electron chi connectivity index (χ4n) is 2.72. The van der Waals surface area contributed by atoms with Gasteiger partial charge in [0, 0.05) is 12.5 Å². The largest absolute Gasteiger partial charge is 0.493 e. The third-order valence-electron chi connectivity index (χ3n) is 4.25. The Bertz CT molecular complexity index is 608. The summed E-state index contributed by atoms with van der Waals surface area (Å²) in [5.41, 5.74) is 2.44. The summed E-state index contributed by atoms with van der Waals surface area (Å²) in [6.45, 7) is 8.05. The molecule has 0 saturated carbocycles. The van der Waals surface area contributed by atoms with Crippen LogP contribution in [-0.2, 0) is 11.2 Å². The highest BCUT2D eigenvalue weighted by Gasteiger charge is 2.17. The smallest absolute Gasteiger partial charge is 0.126 e. The van der Waals surface area contributed by atoms with Crippen molar-refractivity contribution in [2.45, 2.75) is 52.1 Å². The molecule has 2 rings (SSSR count). The van der Waals surface area contributed by atoms with Crippen LogP contribution in [-0.4, -0.2) is 25.4 Å². The maximum atomic E-state index is 5.80. The van der Waals surface area contributed by atoms with Crippen molar-refractivity contribution in [1.29, 1.82) is 0 Å². The molecule has 1 heterocycles. The van der Waals surface area contributed by atoms with Gasteiger partial charge in [-0.05, 0) is 57.7 Å². The molecule has 0 aliphatic carbocycles. The van der Waals surface area contributed by atoms with Gasteiger partial charge in [-0.15, -0.1) is 6.42 Å². The lowest BCUT2D eigenvalue weighted by atomic mass is 9.99. The van der Waals surface area contributed by atoms with Crippen molar-refractivity contribution in [1.82, 2.24) is 0 Å². The standard InChI is InChI=1S/C21H28O3/c1-5-13-24-21(3,4)12-6-7-17(2)10-14-22-19-9-8-18-11-15-23-20(18)16-19/h1,8-10,16H,6-7,11-15H2,2-4H3. The van der Waals surface area contributed by atoms with Crippen LogP contribution in [0.15, 0.2) is 29.8 Å². The average molecular weight is 328 g/mol. The molecule has 0 radical (unpaired) electrons. The number of benzene rings is 1. The summed E-state index contributed by atoms with van der Waals surface area (Å²) in [5, 5.41) is 0. The van der Waals surface area contributed by atoms with Gasteiger partial charge in [0.2, 0.25) is 0 Å². The van der Waals surface area contributed by atoms with Gasteiger partial charge in [-0.25, -0.2) is 0 Å².